The van der Waals surface area contributed by atoms with Gasteiger partial charge < -0.3 is 9.80 Å². The van der Waals surface area contributed by atoms with Gasteiger partial charge in [-0.3, -0.25) is 4.79 Å². The van der Waals surface area contributed by atoms with Gasteiger partial charge in [-0.05, 0) is 38.8 Å². The molecule has 1 amide bonds. The summed E-state index contributed by atoms with van der Waals surface area (Å²) in [7, 11) is 0. The van der Waals surface area contributed by atoms with E-state index in [0.717, 1.165) is 52.6 Å². The van der Waals surface area contributed by atoms with Crippen molar-refractivity contribution in [3.05, 3.63) is 65.5 Å². The summed E-state index contributed by atoms with van der Waals surface area (Å²) in [6.45, 7) is 4.14. The second kappa shape index (κ2) is 9.33. The van der Waals surface area contributed by atoms with Crippen LogP contribution in [0.2, 0.25) is 0 Å². The first-order valence-electron chi connectivity index (χ1n) is 11.4. The minimum Gasteiger partial charge on any atom is -0.338 e. The molecule has 2 fully saturated rings. The smallest absolute Gasteiger partial charge is 0.266 e. The quantitative estimate of drug-likeness (QED) is 0.542. The summed E-state index contributed by atoms with van der Waals surface area (Å²) in [6.07, 6.45) is 6.17. The van der Waals surface area contributed by atoms with Crippen LogP contribution in [0.25, 0.3) is 21.8 Å². The third kappa shape index (κ3) is 4.43. The molecule has 0 N–H and O–H groups in total. The van der Waals surface area contributed by atoms with E-state index < -0.39 is 0 Å². The van der Waals surface area contributed by atoms with Gasteiger partial charge in [-0.25, -0.2) is 4.98 Å². The number of piperidine rings is 2. The molecule has 2 aliphatic rings. The van der Waals surface area contributed by atoms with Crippen LogP contribution in [0, 0.1) is 0 Å². The minimum absolute atomic E-state index is 0.135. The molecule has 2 saturated heterocycles. The molecular weight excluding hydrogens is 402 g/mol. The molecule has 160 valence electrons. The molecule has 0 unspecified atom stereocenters. The molecule has 3 heterocycles. The van der Waals surface area contributed by atoms with Crippen LogP contribution < -0.4 is 0 Å². The second-order valence-electron chi connectivity index (χ2n) is 8.55. The predicted molar refractivity (Wildman–Crippen MR) is 127 cm³/mol. The van der Waals surface area contributed by atoms with Crippen molar-refractivity contribution in [2.24, 2.45) is 0 Å². The Bertz CT molecular complexity index is 1000. The van der Waals surface area contributed by atoms with Crippen LogP contribution in [0.15, 0.2) is 60.7 Å². The van der Waals surface area contributed by atoms with Crippen molar-refractivity contribution < 1.29 is 4.79 Å². The van der Waals surface area contributed by atoms with E-state index in [1.807, 2.05) is 48.5 Å². The van der Waals surface area contributed by atoms with E-state index >= 15 is 0 Å². The Morgan fingerprint density at radius 3 is 2.06 bits per heavy atom. The van der Waals surface area contributed by atoms with E-state index in [-0.39, 0.29) is 5.91 Å². The third-order valence-electron chi connectivity index (χ3n) is 6.55. The second-order valence-corrected chi connectivity index (χ2v) is 9.55. The Balaban J connectivity index is 1.38. The fraction of sp³-hybridized carbons (Fsp3) is 0.385. The lowest BCUT2D eigenvalue weighted by molar-refractivity contribution is 0.0594. The maximum atomic E-state index is 13.6. The summed E-state index contributed by atoms with van der Waals surface area (Å²) in [5.41, 5.74) is 2.88. The maximum Gasteiger partial charge on any atom is 0.266 e. The molecule has 1 aromatic heterocycles. The number of hydrogen-bond donors (Lipinski definition) is 0. The first kappa shape index (κ1) is 20.4. The highest BCUT2D eigenvalue weighted by Crippen LogP contribution is 2.35. The molecule has 0 radical (unpaired) electrons. The van der Waals surface area contributed by atoms with Gasteiger partial charge in [-0.2, -0.15) is 0 Å². The van der Waals surface area contributed by atoms with Gasteiger partial charge >= 0.3 is 0 Å². The summed E-state index contributed by atoms with van der Waals surface area (Å²) in [5.74, 6) is 0.135. The van der Waals surface area contributed by atoms with Crippen LogP contribution in [0.5, 0.6) is 0 Å². The van der Waals surface area contributed by atoms with E-state index in [1.165, 1.54) is 43.7 Å². The van der Waals surface area contributed by atoms with Crippen molar-refractivity contribution in [3.8, 4) is 21.8 Å². The van der Waals surface area contributed by atoms with Crippen molar-refractivity contribution in [3.63, 3.8) is 0 Å². The number of carbonyl (C=O) groups excluding carboxylic acids is 1. The number of aromatic nitrogens is 1. The lowest BCUT2D eigenvalue weighted by Crippen LogP contribution is -2.48. The van der Waals surface area contributed by atoms with Crippen molar-refractivity contribution in [1.29, 1.82) is 0 Å². The summed E-state index contributed by atoms with van der Waals surface area (Å²) < 4.78 is 0. The van der Waals surface area contributed by atoms with Crippen molar-refractivity contribution in [2.45, 2.75) is 38.1 Å². The Morgan fingerprint density at radius 2 is 1.42 bits per heavy atom. The van der Waals surface area contributed by atoms with Crippen LogP contribution in [0.4, 0.5) is 0 Å². The van der Waals surface area contributed by atoms with Crippen LogP contribution in [0.1, 0.15) is 41.8 Å². The van der Waals surface area contributed by atoms with Crippen LogP contribution >= 0.6 is 11.3 Å². The SMILES string of the molecule is O=C(c1sc(-c2ccccc2)nc1-c1ccccc1)N1CCC(N2CCCCC2)CC1. The lowest BCUT2D eigenvalue weighted by atomic mass is 9.99. The van der Waals surface area contributed by atoms with Crippen LogP contribution in [-0.4, -0.2) is 52.9 Å². The first-order chi connectivity index (χ1) is 15.3. The highest BCUT2D eigenvalue weighted by molar-refractivity contribution is 7.17. The fourth-order valence-corrected chi connectivity index (χ4v) is 5.88. The van der Waals surface area contributed by atoms with Gasteiger partial charge in [0.25, 0.3) is 5.91 Å². The van der Waals surface area contributed by atoms with Crippen LogP contribution in [0.3, 0.4) is 0 Å². The molecule has 3 aromatic rings. The molecule has 0 aliphatic carbocycles. The molecule has 0 bridgehead atoms. The topological polar surface area (TPSA) is 36.4 Å². The van der Waals surface area contributed by atoms with Gasteiger partial charge in [0.15, 0.2) is 0 Å². The summed E-state index contributed by atoms with van der Waals surface area (Å²) in [4.78, 5) is 24.0. The normalized spacial score (nSPS) is 18.3. The molecule has 2 aromatic carbocycles. The number of carbonyl (C=O) groups is 1. The number of likely N-dealkylation sites (tertiary alicyclic amines) is 2. The van der Waals surface area contributed by atoms with Gasteiger partial charge in [-0.15, -0.1) is 11.3 Å². The maximum absolute atomic E-state index is 13.6. The van der Waals surface area contributed by atoms with Gasteiger partial charge in [0.2, 0.25) is 0 Å². The fourth-order valence-electron chi connectivity index (χ4n) is 4.82. The van der Waals surface area contributed by atoms with Gasteiger partial charge in [-0.1, -0.05) is 67.1 Å². The van der Waals surface area contributed by atoms with Gasteiger partial charge in [0.05, 0.1) is 5.69 Å². The Hall–Kier alpha value is -2.50. The molecule has 0 atom stereocenters. The molecule has 5 rings (SSSR count). The zero-order chi connectivity index (χ0) is 21.0. The first-order valence-corrected chi connectivity index (χ1v) is 12.3. The number of hydrogen-bond acceptors (Lipinski definition) is 4. The van der Waals surface area contributed by atoms with Crippen LogP contribution in [-0.2, 0) is 0 Å². The number of rotatable bonds is 4. The predicted octanol–water partition coefficient (Wildman–Crippen LogP) is 5.57. The minimum atomic E-state index is 0.135. The Kier molecular flexibility index (Phi) is 6.14. The number of thiazole rings is 1. The van der Waals surface area contributed by atoms with Crippen molar-refractivity contribution in [2.75, 3.05) is 26.2 Å². The molecule has 4 nitrogen and oxygen atoms in total. The largest absolute Gasteiger partial charge is 0.338 e. The summed E-state index contributed by atoms with van der Waals surface area (Å²) >= 11 is 1.53. The Labute approximate surface area is 188 Å². The molecular formula is C26H29N3OS. The zero-order valence-electron chi connectivity index (χ0n) is 17.9. The van der Waals surface area contributed by atoms with E-state index in [2.05, 4.69) is 21.9 Å². The van der Waals surface area contributed by atoms with Gasteiger partial charge in [0.1, 0.15) is 9.88 Å². The molecule has 5 heteroatoms. The molecule has 0 spiro atoms. The van der Waals surface area contributed by atoms with E-state index in [9.17, 15) is 4.79 Å². The zero-order valence-corrected chi connectivity index (χ0v) is 18.7. The lowest BCUT2D eigenvalue weighted by Gasteiger charge is -2.40. The average Bonchev–Trinajstić information content (AvgIpc) is 3.31. The number of amides is 1. The third-order valence-corrected chi connectivity index (χ3v) is 7.64. The highest BCUT2D eigenvalue weighted by atomic mass is 32.1. The number of nitrogens with zero attached hydrogens (tertiary/aromatic N) is 3. The average molecular weight is 432 g/mol. The van der Waals surface area contributed by atoms with E-state index in [1.54, 1.807) is 0 Å². The number of benzene rings is 2. The summed E-state index contributed by atoms with van der Waals surface area (Å²) in [6, 6.07) is 20.9. The summed E-state index contributed by atoms with van der Waals surface area (Å²) in [5, 5.41) is 0.908. The van der Waals surface area contributed by atoms with Gasteiger partial charge in [0, 0.05) is 30.3 Å². The molecule has 31 heavy (non-hydrogen) atoms. The van der Waals surface area contributed by atoms with Crippen molar-refractivity contribution in [1.82, 2.24) is 14.8 Å². The Morgan fingerprint density at radius 1 is 0.806 bits per heavy atom. The standard InChI is InChI=1S/C26H29N3OS/c30-26(29-18-14-22(15-19-29)28-16-8-3-9-17-28)24-23(20-10-4-1-5-11-20)27-25(31-24)21-12-6-2-7-13-21/h1-2,4-7,10-13,22H,3,8-9,14-19H2. The van der Waals surface area contributed by atoms with E-state index in [0.29, 0.717) is 6.04 Å². The van der Waals surface area contributed by atoms with Crippen molar-refractivity contribution >= 4 is 17.2 Å². The monoisotopic (exact) mass is 431 g/mol. The van der Waals surface area contributed by atoms with E-state index in [4.69, 9.17) is 4.98 Å². The molecule has 2 aliphatic heterocycles. The highest BCUT2D eigenvalue weighted by Gasteiger charge is 2.30. The molecule has 0 saturated carbocycles.